The van der Waals surface area contributed by atoms with Crippen LogP contribution in [0.2, 0.25) is 0 Å². The first-order valence-electron chi connectivity index (χ1n) is 27.3. The van der Waals surface area contributed by atoms with Crippen LogP contribution < -0.4 is 16.4 Å². The summed E-state index contributed by atoms with van der Waals surface area (Å²) < 4.78 is 5.55. The van der Waals surface area contributed by atoms with Crippen LogP contribution in [0.1, 0.15) is 124 Å². The first-order chi connectivity index (χ1) is 36.0. The van der Waals surface area contributed by atoms with Crippen molar-refractivity contribution < 1.29 is 0 Å². The van der Waals surface area contributed by atoms with Gasteiger partial charge in [0.2, 0.25) is 0 Å². The van der Waals surface area contributed by atoms with Crippen molar-refractivity contribution in [2.24, 2.45) is 0 Å². The van der Waals surface area contributed by atoms with E-state index in [0.29, 0.717) is 23.7 Å². The second kappa shape index (κ2) is 14.7. The maximum absolute atomic E-state index is 2.80. The van der Waals surface area contributed by atoms with E-state index >= 15 is 0 Å². The second-order valence-corrected chi connectivity index (χ2v) is 23.5. The van der Waals surface area contributed by atoms with Crippen LogP contribution in [0.5, 0.6) is 0 Å². The van der Waals surface area contributed by atoms with E-state index in [1.165, 1.54) is 160 Å². The lowest BCUT2D eigenvalue weighted by Gasteiger charge is -2.45. The van der Waals surface area contributed by atoms with Crippen molar-refractivity contribution in [3.8, 4) is 44.8 Å². The lowest BCUT2D eigenvalue weighted by atomic mass is 9.33. The summed E-state index contributed by atoms with van der Waals surface area (Å²) in [7, 11) is 0. The fourth-order valence-electron chi connectivity index (χ4n) is 14.7. The third-order valence-electron chi connectivity index (χ3n) is 18.3. The molecule has 2 nitrogen and oxygen atoms in total. The Bertz CT molecular complexity index is 4450. The highest BCUT2D eigenvalue weighted by Gasteiger charge is 2.55. The average molecular weight is 949 g/mol. The molecule has 5 heterocycles. The van der Waals surface area contributed by atoms with Crippen molar-refractivity contribution in [1.82, 2.24) is 9.13 Å². The Morgan fingerprint density at radius 3 is 1.54 bits per heavy atom. The van der Waals surface area contributed by atoms with Gasteiger partial charge in [-0.3, -0.25) is 0 Å². The summed E-state index contributed by atoms with van der Waals surface area (Å²) in [6, 6.07) is 69.7. The number of hydrogen-bond acceptors (Lipinski definition) is 0. The van der Waals surface area contributed by atoms with Crippen LogP contribution in [0.4, 0.5) is 0 Å². The monoisotopic (exact) mass is 948 g/mol. The van der Waals surface area contributed by atoms with Gasteiger partial charge in [-0.25, -0.2) is 0 Å². The summed E-state index contributed by atoms with van der Waals surface area (Å²) in [4.78, 5) is 0. The molecule has 1 aliphatic carbocycles. The lowest BCUT2D eigenvalue weighted by molar-refractivity contribution is 0.744. The highest BCUT2D eigenvalue weighted by molar-refractivity contribution is 7.00. The topological polar surface area (TPSA) is 9.86 Å². The third-order valence-corrected chi connectivity index (χ3v) is 18.3. The van der Waals surface area contributed by atoms with Crippen LogP contribution in [0.25, 0.3) is 99.1 Å². The molecule has 4 aliphatic rings. The quantitative estimate of drug-likeness (QED) is 0.147. The number of fused-ring (bicyclic) bond motifs is 15. The largest absolute Gasteiger partial charge is 0.310 e. The molecule has 0 saturated heterocycles. The Hall–Kier alpha value is -7.88. The third kappa shape index (κ3) is 5.23. The van der Waals surface area contributed by atoms with Gasteiger partial charge in [0.1, 0.15) is 0 Å². The Labute approximate surface area is 434 Å². The van der Waals surface area contributed by atoms with Gasteiger partial charge in [-0.15, -0.1) is 0 Å². The highest BCUT2D eigenvalue weighted by Crippen LogP contribution is 2.63. The lowest BCUT2D eigenvalue weighted by Crippen LogP contribution is -2.61. The minimum Gasteiger partial charge on any atom is -0.310 e. The average Bonchev–Trinajstić information content (AvgIpc) is 4.23. The van der Waals surface area contributed by atoms with Crippen LogP contribution in [0, 0.1) is 0 Å². The van der Waals surface area contributed by atoms with Crippen LogP contribution in [-0.2, 0) is 5.41 Å². The van der Waals surface area contributed by atoms with Crippen LogP contribution >= 0.6 is 0 Å². The highest BCUT2D eigenvalue weighted by atomic mass is 15.1. The Morgan fingerprint density at radius 1 is 0.351 bits per heavy atom. The van der Waals surface area contributed by atoms with Gasteiger partial charge in [0.25, 0.3) is 6.71 Å². The van der Waals surface area contributed by atoms with Crippen molar-refractivity contribution in [2.75, 3.05) is 0 Å². The summed E-state index contributed by atoms with van der Waals surface area (Å²) in [5.74, 6) is 1.44. The first kappa shape index (κ1) is 42.6. The van der Waals surface area contributed by atoms with Gasteiger partial charge in [0.05, 0.1) is 22.1 Å². The predicted molar refractivity (Wildman–Crippen MR) is 315 cm³/mol. The fourth-order valence-corrected chi connectivity index (χ4v) is 14.7. The van der Waals surface area contributed by atoms with E-state index in [4.69, 9.17) is 0 Å². The molecule has 16 rings (SSSR count). The molecule has 1 spiro atoms. The Balaban J connectivity index is 1.17. The smallest absolute Gasteiger partial charge is 0.252 e. The minimum absolute atomic E-state index is 0.0144. The zero-order valence-electron chi connectivity index (χ0n) is 43.5. The van der Waals surface area contributed by atoms with Gasteiger partial charge in [-0.05, 0) is 172 Å². The fraction of sp³-hybridized carbons (Fsp3) is 0.183. The van der Waals surface area contributed by atoms with Gasteiger partial charge < -0.3 is 9.13 Å². The van der Waals surface area contributed by atoms with Crippen molar-refractivity contribution in [2.45, 2.75) is 84.5 Å². The maximum atomic E-state index is 2.80. The normalized spacial score (nSPS) is 14.2. The van der Waals surface area contributed by atoms with E-state index in [2.05, 4.69) is 240 Å². The molecule has 0 atom stereocenters. The Morgan fingerprint density at radius 2 is 0.892 bits per heavy atom. The number of aromatic nitrogens is 2. The van der Waals surface area contributed by atoms with Crippen molar-refractivity contribution in [3.05, 3.63) is 220 Å². The van der Waals surface area contributed by atoms with E-state index in [1.807, 2.05) is 0 Å². The number of hydrogen-bond donors (Lipinski definition) is 0. The van der Waals surface area contributed by atoms with Gasteiger partial charge in [0.15, 0.2) is 0 Å². The molecule has 2 aromatic heterocycles. The molecular weight excluding hydrogens is 892 g/mol. The molecule has 10 aromatic carbocycles. The van der Waals surface area contributed by atoms with E-state index < -0.39 is 5.41 Å². The Kier molecular flexibility index (Phi) is 8.45. The summed E-state index contributed by atoms with van der Waals surface area (Å²) in [6.45, 7) is 19.0. The molecule has 74 heavy (non-hydrogen) atoms. The summed E-state index contributed by atoms with van der Waals surface area (Å²) in [5, 5.41) is 7.98. The molecule has 0 radical (unpaired) electrons. The van der Waals surface area contributed by atoms with E-state index in [9.17, 15) is 0 Å². The van der Waals surface area contributed by atoms with Gasteiger partial charge in [-0.2, -0.15) is 0 Å². The molecule has 0 N–H and O–H groups in total. The molecule has 3 aliphatic heterocycles. The van der Waals surface area contributed by atoms with Crippen molar-refractivity contribution in [3.63, 3.8) is 0 Å². The molecule has 0 saturated carbocycles. The van der Waals surface area contributed by atoms with Crippen LogP contribution in [0.15, 0.2) is 176 Å². The molecule has 354 valence electrons. The molecule has 0 unspecified atom stereocenters. The van der Waals surface area contributed by atoms with Crippen molar-refractivity contribution >= 4 is 77.5 Å². The molecular formula is C71H57BN2. The summed E-state index contributed by atoms with van der Waals surface area (Å²) in [6.07, 6.45) is 0. The number of rotatable bonds is 6. The molecule has 0 bridgehead atoms. The molecule has 12 aromatic rings. The van der Waals surface area contributed by atoms with Crippen molar-refractivity contribution in [1.29, 1.82) is 0 Å². The van der Waals surface area contributed by atoms with Gasteiger partial charge in [0, 0.05) is 43.8 Å². The SMILES string of the molecule is CC(C)c1ccc2c(c1)c1cc(C(C)C)cc3c1n2-c1c(-c2ccc4ccc(-c5ccccc5)cc4c2)cc2c4c1B3c1cc(C(C)C)cc3c5cc(C(C)C)cc(c5n-4c13)C21c2ccccc2-c2ccccc21. The minimum atomic E-state index is -0.597. The predicted octanol–water partition coefficient (Wildman–Crippen LogP) is 16.7. The van der Waals surface area contributed by atoms with Gasteiger partial charge in [-0.1, -0.05) is 183 Å². The zero-order valence-corrected chi connectivity index (χ0v) is 43.5. The second-order valence-electron chi connectivity index (χ2n) is 23.5. The number of nitrogens with zero attached hydrogens (tertiary/aromatic N) is 2. The van der Waals surface area contributed by atoms with Crippen LogP contribution in [0.3, 0.4) is 0 Å². The summed E-state index contributed by atoms with van der Waals surface area (Å²) in [5.41, 5.74) is 30.6. The standard InChI is InChI=1S/C71H57BN2/c1-38(2)44-26-27-64-54(30-44)55-32-48(40(5)6)35-62-67(55)73(64)69-53(46-25-23-43-22-24-45(28-50(43)29-46)42-16-10-9-11-17-42)37-61-70-65(69)72(62)63-36-49(41(7)8)33-57-56-31-47(39(3)4)34-60(66(56)74(70)68(57)63)71(61)58-20-14-12-18-51(58)52-19-13-15-21-59(52)71/h9-41H,1-8H3. The van der Waals surface area contributed by atoms with E-state index in [1.54, 1.807) is 0 Å². The molecule has 0 amide bonds. The maximum Gasteiger partial charge on any atom is 0.252 e. The van der Waals surface area contributed by atoms with Gasteiger partial charge >= 0.3 is 0 Å². The number of benzene rings is 10. The van der Waals surface area contributed by atoms with Crippen LogP contribution in [-0.4, -0.2) is 15.8 Å². The molecule has 0 fully saturated rings. The first-order valence-corrected chi connectivity index (χ1v) is 27.3. The zero-order chi connectivity index (χ0) is 49.8. The molecule has 3 heteroatoms. The van der Waals surface area contributed by atoms with E-state index in [-0.39, 0.29) is 6.71 Å². The summed E-state index contributed by atoms with van der Waals surface area (Å²) >= 11 is 0. The van der Waals surface area contributed by atoms with E-state index in [0.717, 1.165) is 0 Å².